The van der Waals surface area contributed by atoms with E-state index in [1.54, 1.807) is 17.0 Å². The first-order valence-corrected chi connectivity index (χ1v) is 5.80. The number of hydrogen-bond acceptors (Lipinski definition) is 3. The molecule has 2 N–H and O–H groups in total. The van der Waals surface area contributed by atoms with Crippen LogP contribution in [0.15, 0.2) is 23.1 Å². The Labute approximate surface area is 99.1 Å². The second kappa shape index (κ2) is 5.14. The molecule has 2 heterocycles. The van der Waals surface area contributed by atoms with Gasteiger partial charge < -0.3 is 15.0 Å². The van der Waals surface area contributed by atoms with Gasteiger partial charge in [-0.15, -0.1) is 0 Å². The maximum absolute atomic E-state index is 12.1. The van der Waals surface area contributed by atoms with Gasteiger partial charge >= 0.3 is 0 Å². The Morgan fingerprint density at radius 1 is 1.59 bits per heavy atom. The minimum absolute atomic E-state index is 0.151. The summed E-state index contributed by atoms with van der Waals surface area (Å²) in [6, 6.07) is 3.19. The Bertz CT molecular complexity index is 455. The number of carbonyl (C=O) groups is 1. The van der Waals surface area contributed by atoms with Crippen LogP contribution in [0.4, 0.5) is 0 Å². The number of amides is 1. The van der Waals surface area contributed by atoms with Gasteiger partial charge in [-0.1, -0.05) is 0 Å². The monoisotopic (exact) mass is 236 g/mol. The summed E-state index contributed by atoms with van der Waals surface area (Å²) in [5.41, 5.74) is -0.153. The molecule has 1 amide bonds. The first-order chi connectivity index (χ1) is 8.22. The molecule has 92 valence electrons. The van der Waals surface area contributed by atoms with Crippen molar-refractivity contribution in [1.29, 1.82) is 0 Å². The molecule has 1 fully saturated rings. The maximum Gasteiger partial charge on any atom is 0.260 e. The number of aromatic amines is 1. The lowest BCUT2D eigenvalue weighted by Crippen LogP contribution is -2.33. The van der Waals surface area contributed by atoms with Gasteiger partial charge in [0, 0.05) is 25.9 Å². The van der Waals surface area contributed by atoms with E-state index in [1.165, 1.54) is 6.20 Å². The minimum Gasteiger partial charge on any atom is -0.396 e. The van der Waals surface area contributed by atoms with E-state index in [1.807, 2.05) is 0 Å². The van der Waals surface area contributed by atoms with Crippen molar-refractivity contribution in [3.63, 3.8) is 0 Å². The van der Waals surface area contributed by atoms with E-state index in [4.69, 9.17) is 5.11 Å². The molecular weight excluding hydrogens is 220 g/mol. The maximum atomic E-state index is 12.1. The number of likely N-dealkylation sites (tertiary alicyclic amines) is 1. The smallest absolute Gasteiger partial charge is 0.260 e. The molecule has 2 rings (SSSR count). The molecule has 0 saturated carbocycles. The summed E-state index contributed by atoms with van der Waals surface area (Å²) in [5, 5.41) is 8.85. The molecule has 1 saturated heterocycles. The normalized spacial score (nSPS) is 19.6. The zero-order chi connectivity index (χ0) is 12.3. The fraction of sp³-hybridized carbons (Fsp3) is 0.500. The zero-order valence-corrected chi connectivity index (χ0v) is 9.56. The zero-order valence-electron chi connectivity index (χ0n) is 9.56. The van der Waals surface area contributed by atoms with Gasteiger partial charge in [0.15, 0.2) is 0 Å². The van der Waals surface area contributed by atoms with Gasteiger partial charge in [0.1, 0.15) is 5.56 Å². The van der Waals surface area contributed by atoms with Gasteiger partial charge in [0.05, 0.1) is 0 Å². The Morgan fingerprint density at radius 2 is 2.41 bits per heavy atom. The molecule has 0 bridgehead atoms. The summed E-state index contributed by atoms with van der Waals surface area (Å²) in [6.45, 7) is 1.45. The molecule has 5 nitrogen and oxygen atoms in total. The predicted molar refractivity (Wildman–Crippen MR) is 62.8 cm³/mol. The molecule has 5 heteroatoms. The third-order valence-corrected chi connectivity index (χ3v) is 3.16. The number of hydrogen-bond donors (Lipinski definition) is 2. The molecule has 0 aliphatic carbocycles. The molecule has 1 aromatic rings. The molecule has 0 aromatic carbocycles. The first-order valence-electron chi connectivity index (χ1n) is 5.80. The number of nitrogens with zero attached hydrogens (tertiary/aromatic N) is 1. The highest BCUT2D eigenvalue weighted by Gasteiger charge is 2.27. The quantitative estimate of drug-likeness (QED) is 0.788. The number of H-pyrrole nitrogens is 1. The van der Waals surface area contributed by atoms with Crippen LogP contribution >= 0.6 is 0 Å². The van der Waals surface area contributed by atoms with Crippen molar-refractivity contribution in [2.75, 3.05) is 19.7 Å². The van der Waals surface area contributed by atoms with Crippen LogP contribution in [0, 0.1) is 5.92 Å². The molecule has 1 unspecified atom stereocenters. The molecule has 0 radical (unpaired) electrons. The number of aliphatic hydroxyl groups is 1. The summed E-state index contributed by atoms with van der Waals surface area (Å²) < 4.78 is 0. The minimum atomic E-state index is -0.344. The Balaban J connectivity index is 2.07. The lowest BCUT2D eigenvalue weighted by Gasteiger charge is -2.15. The van der Waals surface area contributed by atoms with Gasteiger partial charge in [0.2, 0.25) is 0 Å². The van der Waals surface area contributed by atoms with Crippen LogP contribution in [0.2, 0.25) is 0 Å². The van der Waals surface area contributed by atoms with Crippen molar-refractivity contribution >= 4 is 5.91 Å². The second-order valence-corrected chi connectivity index (χ2v) is 4.33. The largest absolute Gasteiger partial charge is 0.396 e. The predicted octanol–water partition coefficient (Wildman–Crippen LogP) is 0.219. The van der Waals surface area contributed by atoms with Crippen LogP contribution in [0.25, 0.3) is 0 Å². The van der Waals surface area contributed by atoms with E-state index < -0.39 is 0 Å². The Morgan fingerprint density at radius 3 is 3.12 bits per heavy atom. The number of nitrogens with one attached hydrogen (secondary N) is 1. The van der Waals surface area contributed by atoms with E-state index in [0.717, 1.165) is 12.8 Å². The third-order valence-electron chi connectivity index (χ3n) is 3.16. The Kier molecular flexibility index (Phi) is 3.58. The lowest BCUT2D eigenvalue weighted by molar-refractivity contribution is 0.0783. The van der Waals surface area contributed by atoms with Crippen LogP contribution in [0.3, 0.4) is 0 Å². The highest BCUT2D eigenvalue weighted by Crippen LogP contribution is 2.20. The van der Waals surface area contributed by atoms with E-state index in [0.29, 0.717) is 19.0 Å². The summed E-state index contributed by atoms with van der Waals surface area (Å²) >= 11 is 0. The van der Waals surface area contributed by atoms with Gasteiger partial charge in [0.25, 0.3) is 11.5 Å². The van der Waals surface area contributed by atoms with Crippen LogP contribution in [-0.2, 0) is 0 Å². The number of aromatic nitrogens is 1. The standard InChI is InChI=1S/C12H16N2O3/c15-7-4-9-3-6-14(8-9)12(17)10-2-1-5-13-11(10)16/h1-2,5,9,15H,3-4,6-8H2,(H,13,16). The summed E-state index contributed by atoms with van der Waals surface area (Å²) in [6.07, 6.45) is 3.13. The van der Waals surface area contributed by atoms with Crippen LogP contribution in [0.1, 0.15) is 23.2 Å². The fourth-order valence-corrected chi connectivity index (χ4v) is 2.20. The van der Waals surface area contributed by atoms with Crippen LogP contribution < -0.4 is 5.56 Å². The van der Waals surface area contributed by atoms with Gasteiger partial charge in [-0.3, -0.25) is 9.59 Å². The average molecular weight is 236 g/mol. The number of pyridine rings is 1. The van der Waals surface area contributed by atoms with Crippen LogP contribution in [0.5, 0.6) is 0 Å². The van der Waals surface area contributed by atoms with E-state index in [2.05, 4.69) is 4.98 Å². The highest BCUT2D eigenvalue weighted by atomic mass is 16.3. The van der Waals surface area contributed by atoms with E-state index in [-0.39, 0.29) is 23.6 Å². The molecular formula is C12H16N2O3. The van der Waals surface area contributed by atoms with Crippen molar-refractivity contribution < 1.29 is 9.90 Å². The van der Waals surface area contributed by atoms with Gasteiger partial charge in [-0.2, -0.15) is 0 Å². The van der Waals surface area contributed by atoms with Crippen molar-refractivity contribution in [3.05, 3.63) is 34.2 Å². The molecule has 1 aromatic heterocycles. The highest BCUT2D eigenvalue weighted by molar-refractivity contribution is 5.93. The van der Waals surface area contributed by atoms with Gasteiger partial charge in [-0.25, -0.2) is 0 Å². The topological polar surface area (TPSA) is 73.4 Å². The third kappa shape index (κ3) is 2.55. The number of rotatable bonds is 3. The van der Waals surface area contributed by atoms with Crippen molar-refractivity contribution in [3.8, 4) is 0 Å². The lowest BCUT2D eigenvalue weighted by atomic mass is 10.1. The van der Waals surface area contributed by atoms with Crippen molar-refractivity contribution in [2.45, 2.75) is 12.8 Å². The molecule has 17 heavy (non-hydrogen) atoms. The van der Waals surface area contributed by atoms with Crippen LogP contribution in [-0.4, -0.2) is 40.6 Å². The SMILES string of the molecule is O=C(c1ccc[nH]c1=O)N1CCC(CCO)C1. The van der Waals surface area contributed by atoms with Crippen molar-refractivity contribution in [1.82, 2.24) is 9.88 Å². The van der Waals surface area contributed by atoms with E-state index >= 15 is 0 Å². The summed E-state index contributed by atoms with van der Waals surface area (Å²) in [7, 11) is 0. The number of carbonyl (C=O) groups excluding carboxylic acids is 1. The molecule has 0 spiro atoms. The Hall–Kier alpha value is -1.62. The van der Waals surface area contributed by atoms with Gasteiger partial charge in [-0.05, 0) is 30.9 Å². The molecule has 1 atom stereocenters. The van der Waals surface area contributed by atoms with Crippen molar-refractivity contribution in [2.24, 2.45) is 5.92 Å². The molecule has 1 aliphatic heterocycles. The fourth-order valence-electron chi connectivity index (χ4n) is 2.20. The molecule has 1 aliphatic rings. The second-order valence-electron chi connectivity index (χ2n) is 4.33. The number of aliphatic hydroxyl groups excluding tert-OH is 1. The average Bonchev–Trinajstić information content (AvgIpc) is 2.78. The first kappa shape index (κ1) is 11.9. The summed E-state index contributed by atoms with van der Waals surface area (Å²) in [4.78, 5) is 27.7. The van der Waals surface area contributed by atoms with E-state index in [9.17, 15) is 9.59 Å². The summed E-state index contributed by atoms with van der Waals surface area (Å²) in [5.74, 6) is 0.138.